The van der Waals surface area contributed by atoms with Gasteiger partial charge < -0.3 is 9.73 Å². The van der Waals surface area contributed by atoms with Crippen molar-refractivity contribution in [2.45, 2.75) is 44.9 Å². The van der Waals surface area contributed by atoms with Crippen LogP contribution >= 0.6 is 0 Å². The standard InChI is InChI=1S/C20H22F2N6O3S.CH4/c1-12-3-5-13(6-4-12)16(11-28(2)32(29,30)15-7-8-15)25-20-23-9-14(10-24-20)18-26-27-19(31-18)17(21)22;/h3-6,9-10,15-17H,7-8,11H2,1-2H3,(H,23,24,25);1H4. The van der Waals surface area contributed by atoms with Crippen molar-refractivity contribution in [1.82, 2.24) is 24.5 Å². The van der Waals surface area contributed by atoms with Gasteiger partial charge in [-0.05, 0) is 25.3 Å². The van der Waals surface area contributed by atoms with Gasteiger partial charge in [-0.3, -0.25) is 0 Å². The highest BCUT2D eigenvalue weighted by atomic mass is 32.2. The van der Waals surface area contributed by atoms with Crippen molar-refractivity contribution in [3.8, 4) is 11.5 Å². The molecule has 0 aliphatic heterocycles. The molecule has 1 N–H and O–H groups in total. The number of benzene rings is 1. The molecule has 9 nitrogen and oxygen atoms in total. The van der Waals surface area contributed by atoms with Gasteiger partial charge in [0, 0.05) is 26.0 Å². The fourth-order valence-corrected chi connectivity index (χ4v) is 4.72. The summed E-state index contributed by atoms with van der Waals surface area (Å²) in [7, 11) is -1.79. The number of hydrogen-bond donors (Lipinski definition) is 1. The minimum absolute atomic E-state index is 0. The van der Waals surface area contributed by atoms with E-state index < -0.39 is 28.4 Å². The number of nitrogens with zero attached hydrogens (tertiary/aromatic N) is 5. The van der Waals surface area contributed by atoms with Crippen molar-refractivity contribution in [2.24, 2.45) is 0 Å². The second kappa shape index (κ2) is 9.87. The molecule has 4 rings (SSSR count). The zero-order valence-corrected chi connectivity index (χ0v) is 18.3. The largest absolute Gasteiger partial charge is 0.415 e. The maximum absolute atomic E-state index is 12.6. The molecular formula is C21H26F2N6O3S. The quantitative estimate of drug-likeness (QED) is 0.489. The molecule has 3 aromatic rings. The topological polar surface area (TPSA) is 114 Å². The first-order valence-corrected chi connectivity index (χ1v) is 11.5. The highest BCUT2D eigenvalue weighted by Crippen LogP contribution is 2.32. The second-order valence-corrected chi connectivity index (χ2v) is 9.99. The number of anilines is 1. The first-order chi connectivity index (χ1) is 15.2. The lowest BCUT2D eigenvalue weighted by atomic mass is 10.1. The zero-order valence-electron chi connectivity index (χ0n) is 17.4. The van der Waals surface area contributed by atoms with Crippen LogP contribution in [-0.4, -0.2) is 51.7 Å². The molecule has 0 radical (unpaired) electrons. The van der Waals surface area contributed by atoms with E-state index in [1.165, 1.54) is 16.7 Å². The van der Waals surface area contributed by atoms with Crippen LogP contribution in [0.5, 0.6) is 0 Å². The van der Waals surface area contributed by atoms with Crippen molar-refractivity contribution in [3.63, 3.8) is 0 Å². The summed E-state index contributed by atoms with van der Waals surface area (Å²) in [6, 6.07) is 7.32. The highest BCUT2D eigenvalue weighted by Gasteiger charge is 2.39. The summed E-state index contributed by atoms with van der Waals surface area (Å²) < 4.78 is 56.8. The maximum atomic E-state index is 12.6. The van der Waals surface area contributed by atoms with Crippen molar-refractivity contribution >= 4 is 16.0 Å². The molecule has 1 aliphatic rings. The average molecular weight is 481 g/mol. The van der Waals surface area contributed by atoms with Crippen LogP contribution in [0, 0.1) is 6.92 Å². The fourth-order valence-electron chi connectivity index (χ4n) is 3.12. The molecule has 12 heteroatoms. The lowest BCUT2D eigenvalue weighted by molar-refractivity contribution is 0.116. The van der Waals surface area contributed by atoms with Crippen LogP contribution in [0.2, 0.25) is 0 Å². The molecule has 33 heavy (non-hydrogen) atoms. The Morgan fingerprint density at radius 2 is 1.79 bits per heavy atom. The number of likely N-dealkylation sites (N-methyl/N-ethyl adjacent to an activating group) is 1. The summed E-state index contributed by atoms with van der Waals surface area (Å²) in [5, 5.41) is 9.71. The number of aromatic nitrogens is 4. The Balaban J connectivity index is 0.00000306. The first-order valence-electron chi connectivity index (χ1n) is 9.96. The molecule has 0 saturated heterocycles. The van der Waals surface area contributed by atoms with Gasteiger partial charge in [-0.1, -0.05) is 37.3 Å². The molecule has 0 spiro atoms. The molecule has 1 fully saturated rings. The highest BCUT2D eigenvalue weighted by molar-refractivity contribution is 7.90. The normalized spacial score (nSPS) is 14.8. The summed E-state index contributed by atoms with van der Waals surface area (Å²) in [6.07, 6.45) is 1.24. The number of nitrogens with one attached hydrogen (secondary N) is 1. The Bertz CT molecular complexity index is 1170. The van der Waals surface area contributed by atoms with E-state index in [1.54, 1.807) is 7.05 Å². The van der Waals surface area contributed by atoms with E-state index in [2.05, 4.69) is 25.5 Å². The van der Waals surface area contributed by atoms with E-state index in [0.717, 1.165) is 11.1 Å². The number of rotatable bonds is 9. The predicted molar refractivity (Wildman–Crippen MR) is 119 cm³/mol. The van der Waals surface area contributed by atoms with Gasteiger partial charge in [-0.15, -0.1) is 10.2 Å². The summed E-state index contributed by atoms with van der Waals surface area (Å²) >= 11 is 0. The smallest absolute Gasteiger partial charge is 0.314 e. The molecule has 1 atom stereocenters. The summed E-state index contributed by atoms with van der Waals surface area (Å²) in [5.74, 6) is -0.649. The van der Waals surface area contributed by atoms with Gasteiger partial charge in [0.1, 0.15) is 0 Å². The Morgan fingerprint density at radius 3 is 2.33 bits per heavy atom. The van der Waals surface area contributed by atoms with Crippen LogP contribution in [-0.2, 0) is 10.0 Å². The Morgan fingerprint density at radius 1 is 1.15 bits per heavy atom. The van der Waals surface area contributed by atoms with Gasteiger partial charge in [0.25, 0.3) is 11.8 Å². The van der Waals surface area contributed by atoms with Crippen LogP contribution in [0.15, 0.2) is 41.1 Å². The lowest BCUT2D eigenvalue weighted by Crippen LogP contribution is -2.36. The zero-order chi connectivity index (χ0) is 22.9. The third kappa shape index (κ3) is 5.69. The first kappa shape index (κ1) is 24.6. The molecule has 0 bridgehead atoms. The summed E-state index contributed by atoms with van der Waals surface area (Å²) in [6.45, 7) is 2.16. The van der Waals surface area contributed by atoms with Crippen LogP contribution in [0.4, 0.5) is 14.7 Å². The minimum atomic E-state index is -3.35. The average Bonchev–Trinajstić information content (AvgIpc) is 3.52. The van der Waals surface area contributed by atoms with Gasteiger partial charge in [-0.25, -0.2) is 22.7 Å². The lowest BCUT2D eigenvalue weighted by Gasteiger charge is -2.25. The van der Waals surface area contributed by atoms with Crippen LogP contribution in [0.3, 0.4) is 0 Å². The van der Waals surface area contributed by atoms with Gasteiger partial charge in [0.2, 0.25) is 16.0 Å². The third-order valence-electron chi connectivity index (χ3n) is 5.13. The van der Waals surface area contributed by atoms with Gasteiger partial charge in [0.15, 0.2) is 0 Å². The van der Waals surface area contributed by atoms with Crippen molar-refractivity contribution in [2.75, 3.05) is 18.9 Å². The van der Waals surface area contributed by atoms with Crippen LogP contribution < -0.4 is 5.32 Å². The van der Waals surface area contributed by atoms with Crippen LogP contribution in [0.1, 0.15) is 49.8 Å². The van der Waals surface area contributed by atoms with E-state index in [4.69, 9.17) is 4.42 Å². The van der Waals surface area contributed by atoms with E-state index >= 15 is 0 Å². The number of aryl methyl sites for hydroxylation is 1. The number of hydrogen-bond acceptors (Lipinski definition) is 8. The maximum Gasteiger partial charge on any atom is 0.314 e. The van der Waals surface area contributed by atoms with Gasteiger partial charge >= 0.3 is 6.43 Å². The Labute approximate surface area is 191 Å². The Hall–Kier alpha value is -2.99. The molecule has 1 aromatic carbocycles. The van der Waals surface area contributed by atoms with Crippen LogP contribution in [0.25, 0.3) is 11.5 Å². The van der Waals surface area contributed by atoms with Crippen molar-refractivity contribution in [1.29, 1.82) is 0 Å². The molecular weight excluding hydrogens is 454 g/mol. The van der Waals surface area contributed by atoms with Gasteiger partial charge in [0.05, 0.1) is 16.9 Å². The molecule has 1 saturated carbocycles. The van der Waals surface area contributed by atoms with E-state index in [0.29, 0.717) is 12.8 Å². The third-order valence-corrected chi connectivity index (χ3v) is 7.46. The summed E-state index contributed by atoms with van der Waals surface area (Å²) in [5.41, 5.74) is 2.24. The molecule has 2 heterocycles. The molecule has 1 aliphatic carbocycles. The van der Waals surface area contributed by atoms with Crippen molar-refractivity contribution < 1.29 is 21.6 Å². The predicted octanol–water partition coefficient (Wildman–Crippen LogP) is 3.99. The van der Waals surface area contributed by atoms with Gasteiger partial charge in [-0.2, -0.15) is 8.78 Å². The van der Waals surface area contributed by atoms with Crippen molar-refractivity contribution in [3.05, 3.63) is 53.7 Å². The van der Waals surface area contributed by atoms with E-state index in [1.807, 2.05) is 31.2 Å². The number of halogens is 2. The van der Waals surface area contributed by atoms with E-state index in [9.17, 15) is 17.2 Å². The SMILES string of the molecule is C.Cc1ccc(C(CN(C)S(=O)(=O)C2CC2)Nc2ncc(-c3nnc(C(F)F)o3)cn2)cc1. The molecule has 2 aromatic heterocycles. The Kier molecular flexibility index (Phi) is 7.38. The molecule has 178 valence electrons. The monoisotopic (exact) mass is 480 g/mol. The summed E-state index contributed by atoms with van der Waals surface area (Å²) in [4.78, 5) is 8.41. The molecule has 0 amide bonds. The number of sulfonamides is 1. The van der Waals surface area contributed by atoms with E-state index in [-0.39, 0.29) is 36.6 Å². The number of alkyl halides is 2. The minimum Gasteiger partial charge on any atom is -0.415 e. The second-order valence-electron chi connectivity index (χ2n) is 7.67. The fraction of sp³-hybridized carbons (Fsp3) is 0.429. The molecule has 1 unspecified atom stereocenters.